The first-order chi connectivity index (χ1) is 13.1. The van der Waals surface area contributed by atoms with Gasteiger partial charge in [0.05, 0.1) is 6.61 Å². The zero-order chi connectivity index (χ0) is 19.1. The molecule has 0 atom stereocenters. The molecule has 148 valence electrons. The van der Waals surface area contributed by atoms with Crippen LogP contribution in [0.25, 0.3) is 0 Å². The SMILES string of the molecule is Cc1ccc(OCCCC(=O)N2CCN(C(=O)C3CCCCC3)CC2)cc1. The number of hydrogen-bond donors (Lipinski definition) is 0. The molecule has 5 nitrogen and oxygen atoms in total. The first-order valence-corrected chi connectivity index (χ1v) is 10.4. The molecule has 2 amide bonds. The van der Waals surface area contributed by atoms with Crippen molar-refractivity contribution in [2.45, 2.75) is 51.9 Å². The first kappa shape index (κ1) is 19.7. The van der Waals surface area contributed by atoms with E-state index in [0.29, 0.717) is 51.5 Å². The van der Waals surface area contributed by atoms with Gasteiger partial charge in [0.15, 0.2) is 0 Å². The summed E-state index contributed by atoms with van der Waals surface area (Å²) in [5, 5.41) is 0. The highest BCUT2D eigenvalue weighted by Gasteiger charge is 2.29. The van der Waals surface area contributed by atoms with E-state index in [9.17, 15) is 9.59 Å². The molecule has 1 aromatic rings. The van der Waals surface area contributed by atoms with Crippen molar-refractivity contribution in [2.75, 3.05) is 32.8 Å². The summed E-state index contributed by atoms with van der Waals surface area (Å²) >= 11 is 0. The fraction of sp³-hybridized carbons (Fsp3) is 0.636. The minimum atomic E-state index is 0.173. The van der Waals surface area contributed by atoms with Gasteiger partial charge in [-0.3, -0.25) is 9.59 Å². The van der Waals surface area contributed by atoms with Crippen molar-refractivity contribution in [3.05, 3.63) is 29.8 Å². The maximum absolute atomic E-state index is 12.6. The van der Waals surface area contributed by atoms with Gasteiger partial charge < -0.3 is 14.5 Å². The van der Waals surface area contributed by atoms with Gasteiger partial charge in [0.1, 0.15) is 5.75 Å². The van der Waals surface area contributed by atoms with Gasteiger partial charge in [-0.15, -0.1) is 0 Å². The molecular formula is C22H32N2O3. The van der Waals surface area contributed by atoms with Gasteiger partial charge >= 0.3 is 0 Å². The number of carbonyl (C=O) groups is 2. The van der Waals surface area contributed by atoms with Crippen molar-refractivity contribution in [3.8, 4) is 5.75 Å². The van der Waals surface area contributed by atoms with E-state index in [1.165, 1.54) is 24.8 Å². The Morgan fingerprint density at radius 2 is 1.59 bits per heavy atom. The van der Waals surface area contributed by atoms with Crippen LogP contribution in [0.3, 0.4) is 0 Å². The predicted molar refractivity (Wildman–Crippen MR) is 106 cm³/mol. The summed E-state index contributed by atoms with van der Waals surface area (Å²) in [6.07, 6.45) is 6.92. The van der Waals surface area contributed by atoms with Crippen LogP contribution in [-0.4, -0.2) is 54.4 Å². The Bertz CT molecular complexity index is 615. The van der Waals surface area contributed by atoms with Crippen molar-refractivity contribution in [1.29, 1.82) is 0 Å². The fourth-order valence-electron chi connectivity index (χ4n) is 3.99. The molecule has 0 aromatic heterocycles. The molecule has 1 saturated carbocycles. The number of benzene rings is 1. The minimum Gasteiger partial charge on any atom is -0.494 e. The Morgan fingerprint density at radius 3 is 2.26 bits per heavy atom. The van der Waals surface area contributed by atoms with Crippen molar-refractivity contribution in [1.82, 2.24) is 9.80 Å². The van der Waals surface area contributed by atoms with Crippen LogP contribution in [-0.2, 0) is 9.59 Å². The third-order valence-electron chi connectivity index (χ3n) is 5.72. The zero-order valence-electron chi connectivity index (χ0n) is 16.5. The van der Waals surface area contributed by atoms with Crippen molar-refractivity contribution < 1.29 is 14.3 Å². The summed E-state index contributed by atoms with van der Waals surface area (Å²) in [6.45, 7) is 5.29. The minimum absolute atomic E-state index is 0.173. The number of piperazine rings is 1. The summed E-state index contributed by atoms with van der Waals surface area (Å²) < 4.78 is 5.69. The second-order valence-corrected chi connectivity index (χ2v) is 7.81. The highest BCUT2D eigenvalue weighted by molar-refractivity contribution is 5.80. The van der Waals surface area contributed by atoms with E-state index < -0.39 is 0 Å². The monoisotopic (exact) mass is 372 g/mol. The second kappa shape index (κ2) is 9.77. The van der Waals surface area contributed by atoms with E-state index in [1.807, 2.05) is 41.0 Å². The average molecular weight is 373 g/mol. The van der Waals surface area contributed by atoms with E-state index in [4.69, 9.17) is 4.74 Å². The average Bonchev–Trinajstić information content (AvgIpc) is 2.72. The van der Waals surface area contributed by atoms with E-state index in [2.05, 4.69) is 0 Å². The normalized spacial score (nSPS) is 18.4. The molecule has 1 saturated heterocycles. The molecule has 0 spiro atoms. The summed E-state index contributed by atoms with van der Waals surface area (Å²) in [5.41, 5.74) is 1.21. The van der Waals surface area contributed by atoms with Crippen molar-refractivity contribution >= 4 is 11.8 Å². The molecule has 1 aromatic carbocycles. The molecule has 5 heteroatoms. The highest BCUT2D eigenvalue weighted by atomic mass is 16.5. The van der Waals surface area contributed by atoms with Gasteiger partial charge in [-0.1, -0.05) is 37.0 Å². The lowest BCUT2D eigenvalue weighted by atomic mass is 9.88. The Kier molecular flexibility index (Phi) is 7.13. The van der Waals surface area contributed by atoms with Gasteiger partial charge in [0.2, 0.25) is 11.8 Å². The Morgan fingerprint density at radius 1 is 0.963 bits per heavy atom. The first-order valence-electron chi connectivity index (χ1n) is 10.4. The molecule has 2 fully saturated rings. The number of aryl methyl sites for hydroxylation is 1. The lowest BCUT2D eigenvalue weighted by Crippen LogP contribution is -2.52. The number of rotatable bonds is 6. The van der Waals surface area contributed by atoms with Crippen molar-refractivity contribution in [3.63, 3.8) is 0 Å². The van der Waals surface area contributed by atoms with Gasteiger partial charge in [-0.05, 0) is 38.3 Å². The molecule has 27 heavy (non-hydrogen) atoms. The van der Waals surface area contributed by atoms with E-state index in [0.717, 1.165) is 18.6 Å². The fourth-order valence-corrected chi connectivity index (χ4v) is 3.99. The third kappa shape index (κ3) is 5.72. The largest absolute Gasteiger partial charge is 0.494 e. The maximum atomic E-state index is 12.6. The van der Waals surface area contributed by atoms with Crippen molar-refractivity contribution in [2.24, 2.45) is 5.92 Å². The van der Waals surface area contributed by atoms with Crippen LogP contribution in [0, 0.1) is 12.8 Å². The van der Waals surface area contributed by atoms with Gasteiger partial charge in [0, 0.05) is 38.5 Å². The Labute approximate surface area is 162 Å². The molecule has 1 aliphatic carbocycles. The molecule has 0 unspecified atom stereocenters. The van der Waals surface area contributed by atoms with Crippen LogP contribution >= 0.6 is 0 Å². The molecule has 1 heterocycles. The molecule has 0 bridgehead atoms. The van der Waals surface area contributed by atoms with Crippen LogP contribution in [0.2, 0.25) is 0 Å². The van der Waals surface area contributed by atoms with E-state index >= 15 is 0 Å². The molecule has 0 N–H and O–H groups in total. The summed E-state index contributed by atoms with van der Waals surface area (Å²) in [5.74, 6) is 1.56. The van der Waals surface area contributed by atoms with Crippen LogP contribution in [0.5, 0.6) is 5.75 Å². The van der Waals surface area contributed by atoms with Crippen LogP contribution in [0.15, 0.2) is 24.3 Å². The second-order valence-electron chi connectivity index (χ2n) is 7.81. The number of hydrogen-bond acceptors (Lipinski definition) is 3. The molecular weight excluding hydrogens is 340 g/mol. The topological polar surface area (TPSA) is 49.9 Å². The number of ether oxygens (including phenoxy) is 1. The standard InChI is InChI=1S/C22H32N2O3/c1-18-9-11-20(12-10-18)27-17-5-8-21(25)23-13-15-24(16-14-23)22(26)19-6-3-2-4-7-19/h9-12,19H,2-8,13-17H2,1H3. The Balaban J connectivity index is 1.33. The zero-order valence-corrected chi connectivity index (χ0v) is 16.5. The summed E-state index contributed by atoms with van der Waals surface area (Å²) in [4.78, 5) is 28.9. The number of amides is 2. The van der Waals surface area contributed by atoms with Gasteiger partial charge in [0.25, 0.3) is 0 Å². The van der Waals surface area contributed by atoms with Crippen LogP contribution in [0.1, 0.15) is 50.5 Å². The molecule has 2 aliphatic rings. The highest BCUT2D eigenvalue weighted by Crippen LogP contribution is 2.25. The van der Waals surface area contributed by atoms with Crippen LogP contribution < -0.4 is 4.74 Å². The van der Waals surface area contributed by atoms with Gasteiger partial charge in [-0.2, -0.15) is 0 Å². The van der Waals surface area contributed by atoms with E-state index in [1.54, 1.807) is 0 Å². The van der Waals surface area contributed by atoms with Gasteiger partial charge in [-0.25, -0.2) is 0 Å². The summed E-state index contributed by atoms with van der Waals surface area (Å²) in [6, 6.07) is 7.96. The maximum Gasteiger partial charge on any atom is 0.225 e. The van der Waals surface area contributed by atoms with E-state index in [-0.39, 0.29) is 11.8 Å². The number of carbonyl (C=O) groups excluding carboxylic acids is 2. The quantitative estimate of drug-likeness (QED) is 0.719. The Hall–Kier alpha value is -2.04. The number of nitrogens with zero attached hydrogens (tertiary/aromatic N) is 2. The lowest BCUT2D eigenvalue weighted by molar-refractivity contribution is -0.142. The molecule has 3 rings (SSSR count). The predicted octanol–water partition coefficient (Wildman–Crippen LogP) is 3.41. The molecule has 1 aliphatic heterocycles. The third-order valence-corrected chi connectivity index (χ3v) is 5.72. The lowest BCUT2D eigenvalue weighted by Gasteiger charge is -2.37. The molecule has 0 radical (unpaired) electrons. The summed E-state index contributed by atoms with van der Waals surface area (Å²) in [7, 11) is 0. The van der Waals surface area contributed by atoms with Crippen LogP contribution in [0.4, 0.5) is 0 Å². The smallest absolute Gasteiger partial charge is 0.225 e.